The minimum atomic E-state index is -3.59. The summed E-state index contributed by atoms with van der Waals surface area (Å²) in [5.74, 6) is 1.52. The van der Waals surface area contributed by atoms with Gasteiger partial charge in [-0.2, -0.15) is 0 Å². The third-order valence-corrected chi connectivity index (χ3v) is 6.16. The largest absolute Gasteiger partial charge is 0.496 e. The Labute approximate surface area is 156 Å². The summed E-state index contributed by atoms with van der Waals surface area (Å²) in [5.41, 5.74) is 3.29. The molecule has 26 heavy (non-hydrogen) atoms. The molecule has 0 atom stereocenters. The Bertz CT molecular complexity index is 858. The zero-order valence-corrected chi connectivity index (χ0v) is 16.9. The third kappa shape index (κ3) is 4.56. The molecule has 0 amide bonds. The lowest BCUT2D eigenvalue weighted by Gasteiger charge is -2.16. The molecular weight excluding hydrogens is 350 g/mol. The second kappa shape index (κ2) is 8.56. The van der Waals surface area contributed by atoms with Crippen molar-refractivity contribution in [3.63, 3.8) is 0 Å². The lowest BCUT2D eigenvalue weighted by molar-refractivity contribution is 0.340. The molecule has 142 valence electrons. The summed E-state index contributed by atoms with van der Waals surface area (Å²) in [7, 11) is -2.00. The number of aryl methyl sites for hydroxylation is 1. The molecule has 2 aromatic carbocycles. The van der Waals surface area contributed by atoms with Gasteiger partial charge in [0.25, 0.3) is 0 Å². The standard InChI is InChI=1S/C20H27NO4S/c1-6-25-18-9-7-17(8-10-18)11-12-21-26(22,23)20-14(2)13-19(24-5)15(3)16(20)4/h7-10,13,21H,6,11-12H2,1-5H3. The molecule has 2 rings (SSSR count). The quantitative estimate of drug-likeness (QED) is 0.764. The van der Waals surface area contributed by atoms with Crippen LogP contribution in [0, 0.1) is 20.8 Å². The summed E-state index contributed by atoms with van der Waals surface area (Å²) < 4.78 is 39.0. The molecule has 0 heterocycles. The third-order valence-electron chi connectivity index (χ3n) is 4.41. The fourth-order valence-corrected chi connectivity index (χ4v) is 4.52. The van der Waals surface area contributed by atoms with Crippen molar-refractivity contribution in [1.82, 2.24) is 4.72 Å². The maximum Gasteiger partial charge on any atom is 0.241 e. The average molecular weight is 378 g/mol. The monoisotopic (exact) mass is 377 g/mol. The summed E-state index contributed by atoms with van der Waals surface area (Å²) in [6.45, 7) is 8.36. The first kappa shape index (κ1) is 20.3. The van der Waals surface area contributed by atoms with Gasteiger partial charge in [0.1, 0.15) is 11.5 Å². The second-order valence-corrected chi connectivity index (χ2v) is 7.90. The first-order valence-corrected chi connectivity index (χ1v) is 10.1. The van der Waals surface area contributed by atoms with Gasteiger partial charge in [0.05, 0.1) is 18.6 Å². The summed E-state index contributed by atoms with van der Waals surface area (Å²) in [5, 5.41) is 0. The fraction of sp³-hybridized carbons (Fsp3) is 0.400. The van der Waals surface area contributed by atoms with Crippen LogP contribution in [0.5, 0.6) is 11.5 Å². The highest BCUT2D eigenvalue weighted by Gasteiger charge is 2.22. The molecule has 0 radical (unpaired) electrons. The molecule has 0 spiro atoms. The Hall–Kier alpha value is -2.05. The maximum absolute atomic E-state index is 12.8. The Morgan fingerprint density at radius 3 is 2.27 bits per heavy atom. The van der Waals surface area contributed by atoms with Gasteiger partial charge in [0.15, 0.2) is 0 Å². The number of benzene rings is 2. The highest BCUT2D eigenvalue weighted by molar-refractivity contribution is 7.89. The Morgan fingerprint density at radius 1 is 1.04 bits per heavy atom. The summed E-state index contributed by atoms with van der Waals surface area (Å²) >= 11 is 0. The predicted molar refractivity (Wildman–Crippen MR) is 104 cm³/mol. The fourth-order valence-electron chi connectivity index (χ4n) is 2.97. The number of methoxy groups -OCH3 is 1. The van der Waals surface area contributed by atoms with E-state index in [-0.39, 0.29) is 0 Å². The number of nitrogens with one attached hydrogen (secondary N) is 1. The van der Waals surface area contributed by atoms with Crippen molar-refractivity contribution in [3.05, 3.63) is 52.6 Å². The van der Waals surface area contributed by atoms with Gasteiger partial charge in [-0.05, 0) is 74.6 Å². The van der Waals surface area contributed by atoms with Crippen LogP contribution in [0.3, 0.4) is 0 Å². The molecule has 6 heteroatoms. The summed E-state index contributed by atoms with van der Waals surface area (Å²) in [4.78, 5) is 0.336. The molecule has 0 unspecified atom stereocenters. The van der Waals surface area contributed by atoms with E-state index in [2.05, 4.69) is 4.72 Å². The van der Waals surface area contributed by atoms with Crippen LogP contribution in [0.15, 0.2) is 35.2 Å². The average Bonchev–Trinajstić information content (AvgIpc) is 2.59. The summed E-state index contributed by atoms with van der Waals surface area (Å²) in [6.07, 6.45) is 0.610. The van der Waals surface area contributed by atoms with Gasteiger partial charge in [0.2, 0.25) is 10.0 Å². The number of ether oxygens (including phenoxy) is 2. The van der Waals surface area contributed by atoms with Crippen molar-refractivity contribution in [3.8, 4) is 11.5 Å². The SMILES string of the molecule is CCOc1ccc(CCNS(=O)(=O)c2c(C)cc(OC)c(C)c2C)cc1. The number of sulfonamides is 1. The van der Waals surface area contributed by atoms with Crippen LogP contribution >= 0.6 is 0 Å². The van der Waals surface area contributed by atoms with E-state index in [1.807, 2.05) is 45.0 Å². The van der Waals surface area contributed by atoms with E-state index in [0.29, 0.717) is 35.8 Å². The van der Waals surface area contributed by atoms with Crippen molar-refractivity contribution < 1.29 is 17.9 Å². The second-order valence-electron chi connectivity index (χ2n) is 6.20. The molecule has 2 aromatic rings. The van der Waals surface area contributed by atoms with E-state index in [9.17, 15) is 8.42 Å². The first-order chi connectivity index (χ1) is 12.3. The van der Waals surface area contributed by atoms with Gasteiger partial charge < -0.3 is 9.47 Å². The maximum atomic E-state index is 12.8. The topological polar surface area (TPSA) is 64.6 Å². The van der Waals surface area contributed by atoms with Gasteiger partial charge in [-0.15, -0.1) is 0 Å². The van der Waals surface area contributed by atoms with E-state index < -0.39 is 10.0 Å². The van der Waals surface area contributed by atoms with Gasteiger partial charge in [-0.25, -0.2) is 13.1 Å². The van der Waals surface area contributed by atoms with Crippen LogP contribution < -0.4 is 14.2 Å². The Morgan fingerprint density at radius 2 is 1.69 bits per heavy atom. The van der Waals surface area contributed by atoms with Crippen LogP contribution in [0.1, 0.15) is 29.2 Å². The molecule has 0 bridgehead atoms. The van der Waals surface area contributed by atoms with Gasteiger partial charge in [0, 0.05) is 6.54 Å². The lowest BCUT2D eigenvalue weighted by Crippen LogP contribution is -2.27. The predicted octanol–water partition coefficient (Wildman–Crippen LogP) is 3.54. The Kier molecular flexibility index (Phi) is 6.67. The molecule has 0 aliphatic carbocycles. The summed E-state index contributed by atoms with van der Waals surface area (Å²) in [6, 6.07) is 9.47. The minimum Gasteiger partial charge on any atom is -0.496 e. The molecule has 5 nitrogen and oxygen atoms in total. The van der Waals surface area contributed by atoms with Crippen LogP contribution in [0.25, 0.3) is 0 Å². The number of hydrogen-bond donors (Lipinski definition) is 1. The van der Waals surface area contributed by atoms with Crippen molar-refractivity contribution in [1.29, 1.82) is 0 Å². The van der Waals surface area contributed by atoms with Crippen molar-refractivity contribution in [2.24, 2.45) is 0 Å². The molecule has 0 aliphatic heterocycles. The Balaban J connectivity index is 2.11. The molecule has 0 aromatic heterocycles. The van der Waals surface area contributed by atoms with E-state index in [1.165, 1.54) is 0 Å². The molecule has 0 aliphatic rings. The van der Waals surface area contributed by atoms with Gasteiger partial charge in [-0.1, -0.05) is 12.1 Å². The molecule has 1 N–H and O–H groups in total. The van der Waals surface area contributed by atoms with E-state index in [1.54, 1.807) is 20.1 Å². The van der Waals surface area contributed by atoms with Gasteiger partial charge >= 0.3 is 0 Å². The highest BCUT2D eigenvalue weighted by atomic mass is 32.2. The smallest absolute Gasteiger partial charge is 0.241 e. The van der Waals surface area contributed by atoms with Gasteiger partial charge in [-0.3, -0.25) is 0 Å². The molecule has 0 saturated heterocycles. The number of rotatable bonds is 8. The normalized spacial score (nSPS) is 11.4. The molecule has 0 saturated carbocycles. The van der Waals surface area contributed by atoms with E-state index in [0.717, 1.165) is 22.4 Å². The van der Waals surface area contributed by atoms with E-state index >= 15 is 0 Å². The van der Waals surface area contributed by atoms with Crippen molar-refractivity contribution in [2.45, 2.75) is 39.0 Å². The zero-order valence-electron chi connectivity index (χ0n) is 16.0. The molecule has 0 fully saturated rings. The van der Waals surface area contributed by atoms with Crippen LogP contribution in [-0.4, -0.2) is 28.7 Å². The number of hydrogen-bond acceptors (Lipinski definition) is 4. The van der Waals surface area contributed by atoms with Crippen LogP contribution in [-0.2, 0) is 16.4 Å². The first-order valence-electron chi connectivity index (χ1n) is 8.66. The minimum absolute atomic E-state index is 0.334. The zero-order chi connectivity index (χ0) is 19.3. The van der Waals surface area contributed by atoms with Crippen LogP contribution in [0.2, 0.25) is 0 Å². The van der Waals surface area contributed by atoms with Crippen molar-refractivity contribution >= 4 is 10.0 Å². The van der Waals surface area contributed by atoms with Crippen molar-refractivity contribution in [2.75, 3.05) is 20.3 Å². The van der Waals surface area contributed by atoms with E-state index in [4.69, 9.17) is 9.47 Å². The molecular formula is C20H27NO4S. The lowest BCUT2D eigenvalue weighted by atomic mass is 10.1. The highest BCUT2D eigenvalue weighted by Crippen LogP contribution is 2.30. The van der Waals surface area contributed by atoms with Crippen LogP contribution in [0.4, 0.5) is 0 Å².